The molecule has 4 atom stereocenters. The van der Waals surface area contributed by atoms with Crippen molar-refractivity contribution in [2.75, 3.05) is 17.9 Å². The van der Waals surface area contributed by atoms with E-state index < -0.39 is 57.8 Å². The Bertz CT molecular complexity index is 1240. The molecule has 5 rings (SSSR count). The lowest BCUT2D eigenvalue weighted by molar-refractivity contribution is -0.137. The summed E-state index contributed by atoms with van der Waals surface area (Å²) in [5, 5.41) is 2.87. The molecule has 3 heterocycles. The molecule has 3 aliphatic rings. The van der Waals surface area contributed by atoms with Gasteiger partial charge in [-0.05, 0) is 50.7 Å². The van der Waals surface area contributed by atoms with Gasteiger partial charge in [-0.3, -0.25) is 18.9 Å². The van der Waals surface area contributed by atoms with Crippen LogP contribution in [0.3, 0.4) is 0 Å². The first kappa shape index (κ1) is 26.6. The molecule has 1 N–H and O–H groups in total. The molecule has 0 spiro atoms. The van der Waals surface area contributed by atoms with E-state index in [4.69, 9.17) is 0 Å². The zero-order valence-corrected chi connectivity index (χ0v) is 22.0. The summed E-state index contributed by atoms with van der Waals surface area (Å²) in [6.45, 7) is 2.22. The van der Waals surface area contributed by atoms with Gasteiger partial charge >= 0.3 is 0 Å². The highest BCUT2D eigenvalue weighted by atomic mass is 32.2. The maximum absolute atomic E-state index is 14.4. The number of carbonyl (C=O) groups is 2. The molecular weight excluding hydrogens is 519 g/mol. The lowest BCUT2D eigenvalue weighted by Crippen LogP contribution is -2.55. The van der Waals surface area contributed by atoms with Gasteiger partial charge in [-0.2, -0.15) is 4.31 Å². The quantitative estimate of drug-likeness (QED) is 0.575. The molecule has 2 aliphatic heterocycles. The van der Waals surface area contributed by atoms with E-state index in [2.05, 4.69) is 10.3 Å². The molecule has 1 aliphatic carbocycles. The fourth-order valence-electron chi connectivity index (χ4n) is 5.80. The smallest absolute Gasteiger partial charge is 0.246 e. The molecule has 1 aromatic heterocycles. The lowest BCUT2D eigenvalue weighted by Gasteiger charge is -2.36. The van der Waals surface area contributed by atoms with Crippen molar-refractivity contribution in [3.63, 3.8) is 0 Å². The topological polar surface area (TPSA) is 85.8 Å². The van der Waals surface area contributed by atoms with Crippen molar-refractivity contribution in [3.05, 3.63) is 59.7 Å². The molecule has 2 amide bonds. The van der Waals surface area contributed by atoms with Crippen LogP contribution in [0, 0.1) is 17.5 Å². The molecule has 4 unspecified atom stereocenters. The SMILES string of the molecule is CC1CC(NC(=O)C2CCCCN2S(=O)N(C)c2c(F)cc(F)cc2F)C(=O)N1C1(c2cccnc2)CC1. The first-order chi connectivity index (χ1) is 18.1. The Morgan fingerprint density at radius 2 is 1.92 bits per heavy atom. The summed E-state index contributed by atoms with van der Waals surface area (Å²) < 4.78 is 57.7. The van der Waals surface area contributed by atoms with Crippen molar-refractivity contribution in [1.82, 2.24) is 19.5 Å². The fourth-order valence-corrected chi connectivity index (χ4v) is 7.15. The van der Waals surface area contributed by atoms with Crippen LogP contribution in [0.5, 0.6) is 0 Å². The molecule has 0 radical (unpaired) electrons. The van der Waals surface area contributed by atoms with E-state index in [9.17, 15) is 27.0 Å². The molecule has 1 aromatic carbocycles. The number of anilines is 1. The Hall–Kier alpha value is -2.99. The Balaban J connectivity index is 1.31. The Kier molecular flexibility index (Phi) is 7.21. The van der Waals surface area contributed by atoms with Crippen molar-refractivity contribution in [3.8, 4) is 0 Å². The van der Waals surface area contributed by atoms with E-state index in [0.29, 0.717) is 37.8 Å². The zero-order valence-electron chi connectivity index (χ0n) is 21.2. The summed E-state index contributed by atoms with van der Waals surface area (Å²) in [5.74, 6) is -4.08. The second-order valence-electron chi connectivity index (χ2n) is 10.2. The average molecular weight is 550 g/mol. The molecule has 12 heteroatoms. The highest BCUT2D eigenvalue weighted by molar-refractivity contribution is 7.84. The fraction of sp³-hybridized carbons (Fsp3) is 0.500. The molecule has 2 saturated heterocycles. The van der Waals surface area contributed by atoms with E-state index in [0.717, 1.165) is 22.7 Å². The van der Waals surface area contributed by atoms with E-state index in [1.807, 2.05) is 24.0 Å². The van der Waals surface area contributed by atoms with Crippen LogP contribution < -0.4 is 9.62 Å². The number of hydrogen-bond donors (Lipinski definition) is 1. The molecule has 0 bridgehead atoms. The number of amides is 2. The summed E-state index contributed by atoms with van der Waals surface area (Å²) in [5.41, 5.74) is -0.0754. The van der Waals surface area contributed by atoms with Crippen molar-refractivity contribution in [2.24, 2.45) is 0 Å². The van der Waals surface area contributed by atoms with Gasteiger partial charge in [0.2, 0.25) is 11.8 Å². The molecular formula is C26H30F3N5O3S. The maximum atomic E-state index is 14.4. The van der Waals surface area contributed by atoms with Crippen LogP contribution in [0.15, 0.2) is 36.7 Å². The van der Waals surface area contributed by atoms with Crippen LogP contribution in [0.25, 0.3) is 0 Å². The van der Waals surface area contributed by atoms with Gasteiger partial charge in [0.05, 0.1) is 5.54 Å². The lowest BCUT2D eigenvalue weighted by atomic mass is 10.0. The zero-order chi connectivity index (χ0) is 27.2. The van der Waals surface area contributed by atoms with Crippen LogP contribution in [-0.2, 0) is 26.3 Å². The number of piperidine rings is 1. The first-order valence-corrected chi connectivity index (χ1v) is 13.8. The summed E-state index contributed by atoms with van der Waals surface area (Å²) in [4.78, 5) is 33.0. The maximum Gasteiger partial charge on any atom is 0.246 e. The van der Waals surface area contributed by atoms with Crippen LogP contribution >= 0.6 is 0 Å². The third-order valence-electron chi connectivity index (χ3n) is 7.74. The molecule has 8 nitrogen and oxygen atoms in total. The standard InChI is InChI=1S/C26H30F3N5O3S/c1-16-12-21(25(36)34(16)26(8-9-26)17-6-5-10-30-15-17)31-24(35)22-7-3-4-11-33(22)38(37)32(2)23-19(28)13-18(27)14-20(23)29/h5-6,10,13-16,21-22H,3-4,7-9,11-12H2,1-2H3,(H,31,35). The summed E-state index contributed by atoms with van der Waals surface area (Å²) in [7, 11) is 1.23. The monoisotopic (exact) mass is 549 g/mol. The van der Waals surface area contributed by atoms with E-state index in [-0.39, 0.29) is 18.5 Å². The number of pyridine rings is 1. The van der Waals surface area contributed by atoms with Gasteiger partial charge in [-0.25, -0.2) is 17.4 Å². The number of nitrogens with zero attached hydrogens (tertiary/aromatic N) is 4. The van der Waals surface area contributed by atoms with E-state index in [1.165, 1.54) is 11.4 Å². The van der Waals surface area contributed by atoms with Gasteiger partial charge in [0.15, 0.2) is 22.8 Å². The highest BCUT2D eigenvalue weighted by Gasteiger charge is 2.57. The first-order valence-electron chi connectivity index (χ1n) is 12.7. The summed E-state index contributed by atoms with van der Waals surface area (Å²) in [6.07, 6.45) is 7.26. The van der Waals surface area contributed by atoms with E-state index >= 15 is 0 Å². The van der Waals surface area contributed by atoms with Gasteiger partial charge in [-0.15, -0.1) is 0 Å². The van der Waals surface area contributed by atoms with Crippen LogP contribution in [-0.4, -0.2) is 61.9 Å². The van der Waals surface area contributed by atoms with Crippen molar-refractivity contribution >= 4 is 28.7 Å². The van der Waals surface area contributed by atoms with Crippen LogP contribution in [0.2, 0.25) is 0 Å². The number of likely N-dealkylation sites (tertiary alicyclic amines) is 1. The van der Waals surface area contributed by atoms with Crippen molar-refractivity contribution < 1.29 is 27.0 Å². The Morgan fingerprint density at radius 3 is 2.55 bits per heavy atom. The minimum absolute atomic E-state index is 0.0948. The van der Waals surface area contributed by atoms with Crippen LogP contribution in [0.4, 0.5) is 18.9 Å². The average Bonchev–Trinajstić information content (AvgIpc) is 3.63. The van der Waals surface area contributed by atoms with Crippen molar-refractivity contribution in [1.29, 1.82) is 0 Å². The molecule has 1 saturated carbocycles. The van der Waals surface area contributed by atoms with Gasteiger partial charge in [0.25, 0.3) is 0 Å². The largest absolute Gasteiger partial charge is 0.343 e. The number of halogens is 3. The van der Waals surface area contributed by atoms with Gasteiger partial charge in [0.1, 0.15) is 23.6 Å². The number of aromatic nitrogens is 1. The minimum atomic E-state index is -2.13. The number of benzene rings is 1. The normalized spacial score (nSPS) is 25.8. The Labute approximate surface area is 221 Å². The third kappa shape index (κ3) is 4.68. The molecule has 2 aromatic rings. The van der Waals surface area contributed by atoms with Gasteiger partial charge in [0, 0.05) is 44.2 Å². The second-order valence-corrected chi connectivity index (χ2v) is 11.7. The number of hydrogen-bond acceptors (Lipinski definition) is 4. The molecule has 38 heavy (non-hydrogen) atoms. The number of carbonyl (C=O) groups excluding carboxylic acids is 2. The van der Waals surface area contributed by atoms with E-state index in [1.54, 1.807) is 12.4 Å². The number of rotatable bonds is 7. The second kappa shape index (κ2) is 10.3. The predicted octanol–water partition coefficient (Wildman–Crippen LogP) is 3.16. The summed E-state index contributed by atoms with van der Waals surface area (Å²) >= 11 is -2.13. The van der Waals surface area contributed by atoms with Crippen LogP contribution in [0.1, 0.15) is 51.0 Å². The molecule has 204 valence electrons. The highest BCUT2D eigenvalue weighted by Crippen LogP contribution is 2.53. The van der Waals surface area contributed by atoms with Gasteiger partial charge < -0.3 is 10.2 Å². The summed E-state index contributed by atoms with van der Waals surface area (Å²) in [6, 6.07) is 3.16. The third-order valence-corrected chi connectivity index (χ3v) is 9.23. The Morgan fingerprint density at radius 1 is 1.21 bits per heavy atom. The minimum Gasteiger partial charge on any atom is -0.343 e. The number of nitrogens with one attached hydrogen (secondary N) is 1. The molecule has 3 fully saturated rings. The van der Waals surface area contributed by atoms with Gasteiger partial charge in [-0.1, -0.05) is 12.5 Å². The predicted molar refractivity (Wildman–Crippen MR) is 135 cm³/mol. The van der Waals surface area contributed by atoms with Crippen molar-refractivity contribution in [2.45, 2.75) is 69.1 Å².